The van der Waals surface area contributed by atoms with E-state index < -0.39 is 0 Å². The monoisotopic (exact) mass is 273 g/mol. The first kappa shape index (κ1) is 13.6. The number of nitrogens with two attached hydrogens (primary N) is 1. The molecule has 0 aliphatic carbocycles. The first-order chi connectivity index (χ1) is 9.08. The molecule has 0 unspecified atom stereocenters. The zero-order valence-electron chi connectivity index (χ0n) is 11.0. The minimum atomic E-state index is 0.665. The van der Waals surface area contributed by atoms with Crippen molar-refractivity contribution in [3.05, 3.63) is 58.4 Å². The number of hydrazine groups is 1. The fourth-order valence-corrected chi connectivity index (χ4v) is 1.98. The van der Waals surface area contributed by atoms with Crippen molar-refractivity contribution in [3.63, 3.8) is 0 Å². The molecule has 0 radical (unpaired) electrons. The van der Waals surface area contributed by atoms with Crippen LogP contribution in [0.1, 0.15) is 16.8 Å². The molecule has 0 atom stereocenters. The molecule has 2 aromatic rings. The average molecular weight is 274 g/mol. The number of halogens is 1. The number of hydrogen-bond acceptors (Lipinski definition) is 3. The molecule has 1 heterocycles. The Morgan fingerprint density at radius 1 is 1.21 bits per heavy atom. The van der Waals surface area contributed by atoms with Crippen LogP contribution in [0.3, 0.4) is 0 Å². The molecule has 0 aliphatic rings. The predicted molar refractivity (Wildman–Crippen MR) is 81.9 cm³/mol. The highest BCUT2D eigenvalue weighted by atomic mass is 35.5. The van der Waals surface area contributed by atoms with Crippen molar-refractivity contribution in [2.45, 2.75) is 6.92 Å². The number of rotatable bonds is 3. The van der Waals surface area contributed by atoms with Gasteiger partial charge in [0.15, 0.2) is 0 Å². The lowest BCUT2D eigenvalue weighted by Crippen LogP contribution is -2.25. The van der Waals surface area contributed by atoms with Gasteiger partial charge in [0.05, 0.1) is 11.4 Å². The highest BCUT2D eigenvalue weighted by molar-refractivity contribution is 6.32. The molecule has 0 saturated carbocycles. The Balaban J connectivity index is 2.35. The molecule has 19 heavy (non-hydrogen) atoms. The molecule has 4 heteroatoms. The Kier molecular flexibility index (Phi) is 4.20. The quantitative estimate of drug-likeness (QED) is 0.687. The fourth-order valence-electron chi connectivity index (χ4n) is 1.74. The van der Waals surface area contributed by atoms with Gasteiger partial charge in [-0.25, -0.2) is 5.84 Å². The summed E-state index contributed by atoms with van der Waals surface area (Å²) < 4.78 is 0. The van der Waals surface area contributed by atoms with Crippen LogP contribution < -0.4 is 10.9 Å². The second-order valence-corrected chi connectivity index (χ2v) is 4.78. The molecule has 1 aromatic heterocycles. The zero-order valence-corrected chi connectivity index (χ0v) is 11.7. The van der Waals surface area contributed by atoms with Crippen LogP contribution in [-0.4, -0.2) is 12.0 Å². The number of aryl methyl sites for hydroxylation is 1. The molecule has 0 saturated heterocycles. The lowest BCUT2D eigenvalue weighted by Gasteiger charge is -2.15. The molecule has 98 valence electrons. The highest BCUT2D eigenvalue weighted by Gasteiger charge is 2.05. The van der Waals surface area contributed by atoms with Gasteiger partial charge in [0.25, 0.3) is 0 Å². The zero-order chi connectivity index (χ0) is 13.8. The second-order valence-electron chi connectivity index (χ2n) is 4.38. The Bertz CT molecular complexity index is 589. The van der Waals surface area contributed by atoms with Crippen LogP contribution in [0, 0.1) is 6.92 Å². The molecule has 3 nitrogen and oxygen atoms in total. The molecule has 1 aromatic carbocycles. The Morgan fingerprint density at radius 3 is 2.63 bits per heavy atom. The average Bonchev–Trinajstić information content (AvgIpc) is 2.39. The van der Waals surface area contributed by atoms with Crippen LogP contribution in [0.15, 0.2) is 36.5 Å². The maximum atomic E-state index is 6.21. The summed E-state index contributed by atoms with van der Waals surface area (Å²) in [5.41, 5.74) is 3.78. The number of hydrogen-bond donors (Lipinski definition) is 1. The van der Waals surface area contributed by atoms with Gasteiger partial charge < -0.3 is 5.01 Å². The molecule has 0 bridgehead atoms. The summed E-state index contributed by atoms with van der Waals surface area (Å²) >= 11 is 6.21. The van der Waals surface area contributed by atoms with E-state index in [-0.39, 0.29) is 0 Å². The topological polar surface area (TPSA) is 42.1 Å². The van der Waals surface area contributed by atoms with E-state index in [2.05, 4.69) is 4.98 Å². The summed E-state index contributed by atoms with van der Waals surface area (Å²) in [5, 5.41) is 2.21. The van der Waals surface area contributed by atoms with Crippen molar-refractivity contribution in [1.29, 1.82) is 0 Å². The summed E-state index contributed by atoms with van der Waals surface area (Å²) in [7, 11) is 1.78. The van der Waals surface area contributed by atoms with Crippen LogP contribution in [0.25, 0.3) is 12.2 Å². The van der Waals surface area contributed by atoms with E-state index in [4.69, 9.17) is 17.4 Å². The number of anilines is 1. The fraction of sp³-hybridized carbons (Fsp3) is 0.133. The normalized spacial score (nSPS) is 10.9. The first-order valence-electron chi connectivity index (χ1n) is 5.95. The number of benzene rings is 1. The Labute approximate surface area is 118 Å². The highest BCUT2D eigenvalue weighted by Crippen LogP contribution is 2.27. The summed E-state index contributed by atoms with van der Waals surface area (Å²) in [6, 6.07) is 9.64. The third-order valence-electron chi connectivity index (χ3n) is 2.76. The SMILES string of the molecule is Cc1ccc(/C=C/c2c(Cl)cccc2N(C)N)nc1. The summed E-state index contributed by atoms with van der Waals surface area (Å²) in [6.45, 7) is 2.01. The predicted octanol–water partition coefficient (Wildman–Crippen LogP) is 3.52. The minimum Gasteiger partial charge on any atom is -0.313 e. The smallest absolute Gasteiger partial charge is 0.0630 e. The van der Waals surface area contributed by atoms with Crippen molar-refractivity contribution in [1.82, 2.24) is 4.98 Å². The maximum absolute atomic E-state index is 6.21. The van der Waals surface area contributed by atoms with E-state index in [1.165, 1.54) is 0 Å². The largest absolute Gasteiger partial charge is 0.313 e. The molecular weight excluding hydrogens is 258 g/mol. The van der Waals surface area contributed by atoms with Gasteiger partial charge >= 0.3 is 0 Å². The van der Waals surface area contributed by atoms with E-state index >= 15 is 0 Å². The van der Waals surface area contributed by atoms with Crippen LogP contribution in [0.2, 0.25) is 5.02 Å². The lowest BCUT2D eigenvalue weighted by atomic mass is 10.1. The minimum absolute atomic E-state index is 0.665. The second kappa shape index (κ2) is 5.87. The molecule has 2 N–H and O–H groups in total. The van der Waals surface area contributed by atoms with Gasteiger partial charge in [-0.1, -0.05) is 23.7 Å². The van der Waals surface area contributed by atoms with Gasteiger partial charge in [-0.15, -0.1) is 0 Å². The van der Waals surface area contributed by atoms with Crippen molar-refractivity contribution >= 4 is 29.4 Å². The molecule has 2 rings (SSSR count). The number of nitrogens with zero attached hydrogens (tertiary/aromatic N) is 2. The van der Waals surface area contributed by atoms with E-state index in [9.17, 15) is 0 Å². The molecule has 0 spiro atoms. The van der Waals surface area contributed by atoms with Crippen LogP contribution in [-0.2, 0) is 0 Å². The van der Waals surface area contributed by atoms with Crippen LogP contribution in [0.5, 0.6) is 0 Å². The lowest BCUT2D eigenvalue weighted by molar-refractivity contribution is 1.02. The third-order valence-corrected chi connectivity index (χ3v) is 3.09. The third kappa shape index (κ3) is 3.34. The van der Waals surface area contributed by atoms with Gasteiger partial charge in [-0.05, 0) is 42.8 Å². The summed E-state index contributed by atoms with van der Waals surface area (Å²) in [5.74, 6) is 5.80. The van der Waals surface area contributed by atoms with Gasteiger partial charge in [0.2, 0.25) is 0 Å². The van der Waals surface area contributed by atoms with E-state index in [0.717, 1.165) is 22.5 Å². The van der Waals surface area contributed by atoms with Gasteiger partial charge in [0.1, 0.15) is 0 Å². The van der Waals surface area contributed by atoms with E-state index in [1.54, 1.807) is 12.1 Å². The van der Waals surface area contributed by atoms with Gasteiger partial charge in [-0.3, -0.25) is 4.98 Å². The van der Waals surface area contributed by atoms with Crippen molar-refractivity contribution < 1.29 is 0 Å². The van der Waals surface area contributed by atoms with Crippen LogP contribution >= 0.6 is 11.6 Å². The van der Waals surface area contributed by atoms with Gasteiger partial charge in [-0.2, -0.15) is 0 Å². The van der Waals surface area contributed by atoms with Crippen molar-refractivity contribution in [2.75, 3.05) is 12.1 Å². The molecular formula is C15H16ClN3. The van der Waals surface area contributed by atoms with E-state index in [1.807, 2.05) is 55.6 Å². The summed E-state index contributed by atoms with van der Waals surface area (Å²) in [6.07, 6.45) is 5.69. The van der Waals surface area contributed by atoms with E-state index in [0.29, 0.717) is 5.02 Å². The van der Waals surface area contributed by atoms with Crippen molar-refractivity contribution in [3.8, 4) is 0 Å². The molecule has 0 aliphatic heterocycles. The Hall–Kier alpha value is -1.84. The molecule has 0 amide bonds. The Morgan fingerprint density at radius 2 is 2.00 bits per heavy atom. The number of aromatic nitrogens is 1. The summed E-state index contributed by atoms with van der Waals surface area (Å²) in [4.78, 5) is 4.32. The first-order valence-corrected chi connectivity index (χ1v) is 6.33. The van der Waals surface area contributed by atoms with Crippen molar-refractivity contribution in [2.24, 2.45) is 5.84 Å². The van der Waals surface area contributed by atoms with Crippen LogP contribution in [0.4, 0.5) is 5.69 Å². The maximum Gasteiger partial charge on any atom is 0.0630 e. The van der Waals surface area contributed by atoms with Gasteiger partial charge in [0, 0.05) is 23.8 Å². The number of pyridine rings is 1. The standard InChI is InChI=1S/C15H16ClN3/c1-11-6-7-12(18-10-11)8-9-13-14(16)4-3-5-15(13)19(2)17/h3-10H,17H2,1-2H3/b9-8+. The molecule has 0 fully saturated rings.